The molecule has 0 aliphatic rings. The van der Waals surface area contributed by atoms with Crippen LogP contribution in [0.25, 0.3) is 0 Å². The lowest BCUT2D eigenvalue weighted by atomic mass is 10.2. The smallest absolute Gasteiger partial charge is 0.169 e. The van der Waals surface area contributed by atoms with Crippen molar-refractivity contribution in [1.82, 2.24) is 0 Å². The van der Waals surface area contributed by atoms with Gasteiger partial charge in [0.2, 0.25) is 0 Å². The van der Waals surface area contributed by atoms with Crippen molar-refractivity contribution in [2.45, 2.75) is 19.9 Å². The molecule has 0 aliphatic heterocycles. The number of hydrogen-bond donors (Lipinski definition) is 1. The van der Waals surface area contributed by atoms with Crippen molar-refractivity contribution >= 4 is 11.6 Å². The number of para-hydroxylation sites is 2. The van der Waals surface area contributed by atoms with Crippen molar-refractivity contribution in [2.75, 3.05) is 6.61 Å². The van der Waals surface area contributed by atoms with Gasteiger partial charge in [0.25, 0.3) is 0 Å². The third-order valence-corrected chi connectivity index (χ3v) is 3.13. The van der Waals surface area contributed by atoms with Crippen LogP contribution < -0.4 is 15.2 Å². The van der Waals surface area contributed by atoms with Gasteiger partial charge in [0.15, 0.2) is 11.5 Å². The first-order chi connectivity index (χ1) is 9.74. The van der Waals surface area contributed by atoms with Gasteiger partial charge in [-0.15, -0.1) is 0 Å². The Labute approximate surface area is 124 Å². The maximum absolute atomic E-state index is 6.13. The Balaban J connectivity index is 2.19. The average molecular weight is 292 g/mol. The van der Waals surface area contributed by atoms with E-state index in [1.54, 1.807) is 6.07 Å². The molecule has 0 saturated heterocycles. The summed E-state index contributed by atoms with van der Waals surface area (Å²) in [5.41, 5.74) is 6.48. The number of hydrogen-bond acceptors (Lipinski definition) is 3. The van der Waals surface area contributed by atoms with Gasteiger partial charge in [-0.1, -0.05) is 36.7 Å². The van der Waals surface area contributed by atoms with Crippen molar-refractivity contribution in [1.29, 1.82) is 0 Å². The molecule has 106 valence electrons. The van der Waals surface area contributed by atoms with Crippen molar-refractivity contribution in [3.05, 3.63) is 53.1 Å². The molecule has 2 aromatic rings. The molecule has 3 nitrogen and oxygen atoms in total. The maximum atomic E-state index is 6.13. The van der Waals surface area contributed by atoms with Crippen molar-refractivity contribution in [3.8, 4) is 17.2 Å². The minimum atomic E-state index is 0.412. The first-order valence-corrected chi connectivity index (χ1v) is 7.00. The van der Waals surface area contributed by atoms with E-state index in [0.717, 1.165) is 17.7 Å². The fourth-order valence-corrected chi connectivity index (χ4v) is 2.00. The second kappa shape index (κ2) is 7.17. The monoisotopic (exact) mass is 291 g/mol. The fraction of sp³-hybridized carbons (Fsp3) is 0.250. The third kappa shape index (κ3) is 3.65. The van der Waals surface area contributed by atoms with E-state index in [0.29, 0.717) is 29.7 Å². The zero-order valence-corrected chi connectivity index (χ0v) is 12.2. The molecule has 20 heavy (non-hydrogen) atoms. The van der Waals surface area contributed by atoms with E-state index >= 15 is 0 Å². The zero-order valence-electron chi connectivity index (χ0n) is 11.4. The first kappa shape index (κ1) is 14.7. The van der Waals surface area contributed by atoms with Crippen LogP contribution in [0.15, 0.2) is 42.5 Å². The highest BCUT2D eigenvalue weighted by Gasteiger charge is 2.07. The van der Waals surface area contributed by atoms with Gasteiger partial charge in [-0.3, -0.25) is 0 Å². The van der Waals surface area contributed by atoms with E-state index in [4.69, 9.17) is 26.8 Å². The molecular formula is C16H18ClNO2. The molecule has 0 spiro atoms. The highest BCUT2D eigenvalue weighted by Crippen LogP contribution is 2.33. The van der Waals surface area contributed by atoms with Gasteiger partial charge in [0.05, 0.1) is 6.61 Å². The van der Waals surface area contributed by atoms with Crippen LogP contribution in [0.2, 0.25) is 5.02 Å². The predicted molar refractivity (Wildman–Crippen MR) is 81.6 cm³/mol. The SMILES string of the molecule is CCCOc1ccccc1Oc1ccc(CN)c(Cl)c1. The van der Waals surface area contributed by atoms with Gasteiger partial charge in [0.1, 0.15) is 5.75 Å². The summed E-state index contributed by atoms with van der Waals surface area (Å²) in [6.45, 7) is 3.14. The van der Waals surface area contributed by atoms with Crippen molar-refractivity contribution in [3.63, 3.8) is 0 Å². The molecule has 0 unspecified atom stereocenters. The molecule has 2 rings (SSSR count). The van der Waals surface area contributed by atoms with E-state index in [1.165, 1.54) is 0 Å². The minimum Gasteiger partial charge on any atom is -0.490 e. The highest BCUT2D eigenvalue weighted by molar-refractivity contribution is 6.31. The molecule has 2 aromatic carbocycles. The highest BCUT2D eigenvalue weighted by atomic mass is 35.5. The van der Waals surface area contributed by atoms with Crippen LogP contribution >= 0.6 is 11.6 Å². The summed E-state index contributed by atoms with van der Waals surface area (Å²) in [7, 11) is 0. The Hall–Kier alpha value is -1.71. The summed E-state index contributed by atoms with van der Waals surface area (Å²) >= 11 is 6.13. The lowest BCUT2D eigenvalue weighted by Crippen LogP contribution is -1.98. The summed E-state index contributed by atoms with van der Waals surface area (Å²) in [6, 6.07) is 13.1. The summed E-state index contributed by atoms with van der Waals surface area (Å²) in [5, 5.41) is 0.608. The number of nitrogens with two attached hydrogens (primary N) is 1. The van der Waals surface area contributed by atoms with Crippen molar-refractivity contribution < 1.29 is 9.47 Å². The second-order valence-corrected chi connectivity index (χ2v) is 4.76. The lowest BCUT2D eigenvalue weighted by Gasteiger charge is -2.12. The lowest BCUT2D eigenvalue weighted by molar-refractivity contribution is 0.302. The van der Waals surface area contributed by atoms with Crippen LogP contribution in [0.3, 0.4) is 0 Å². The molecule has 0 saturated carbocycles. The third-order valence-electron chi connectivity index (χ3n) is 2.78. The Bertz CT molecular complexity index is 572. The van der Waals surface area contributed by atoms with E-state index in [9.17, 15) is 0 Å². The van der Waals surface area contributed by atoms with Gasteiger partial charge < -0.3 is 15.2 Å². The molecule has 0 radical (unpaired) electrons. The van der Waals surface area contributed by atoms with Crippen LogP contribution in [0.4, 0.5) is 0 Å². The van der Waals surface area contributed by atoms with Crippen LogP contribution in [0.5, 0.6) is 17.2 Å². The van der Waals surface area contributed by atoms with Gasteiger partial charge in [0, 0.05) is 11.6 Å². The van der Waals surface area contributed by atoms with Gasteiger partial charge in [-0.2, -0.15) is 0 Å². The van der Waals surface area contributed by atoms with E-state index in [1.807, 2.05) is 36.4 Å². The molecule has 0 fully saturated rings. The number of ether oxygens (including phenoxy) is 2. The molecule has 4 heteroatoms. The van der Waals surface area contributed by atoms with Crippen LogP contribution in [-0.4, -0.2) is 6.61 Å². The van der Waals surface area contributed by atoms with Crippen LogP contribution in [0.1, 0.15) is 18.9 Å². The van der Waals surface area contributed by atoms with Crippen molar-refractivity contribution in [2.24, 2.45) is 5.73 Å². The minimum absolute atomic E-state index is 0.412. The molecule has 2 N–H and O–H groups in total. The number of benzene rings is 2. The summed E-state index contributed by atoms with van der Waals surface area (Å²) in [4.78, 5) is 0. The maximum Gasteiger partial charge on any atom is 0.169 e. The topological polar surface area (TPSA) is 44.5 Å². The van der Waals surface area contributed by atoms with E-state index in [-0.39, 0.29) is 0 Å². The fourth-order valence-electron chi connectivity index (χ4n) is 1.75. The predicted octanol–water partition coefficient (Wildman–Crippen LogP) is 4.38. The quantitative estimate of drug-likeness (QED) is 0.859. The van der Waals surface area contributed by atoms with Crippen LogP contribution in [-0.2, 0) is 6.54 Å². The standard InChI is InChI=1S/C16H18ClNO2/c1-2-9-19-15-5-3-4-6-16(15)20-13-8-7-12(11-18)14(17)10-13/h3-8,10H,2,9,11,18H2,1H3. The number of rotatable bonds is 6. The molecule has 0 amide bonds. The molecule has 0 bridgehead atoms. The normalized spacial score (nSPS) is 10.3. The summed E-state index contributed by atoms with van der Waals surface area (Å²) in [6.07, 6.45) is 0.950. The molecule has 0 heterocycles. The molecule has 0 aliphatic carbocycles. The molecule has 0 aromatic heterocycles. The number of halogens is 1. The zero-order chi connectivity index (χ0) is 14.4. The second-order valence-electron chi connectivity index (χ2n) is 4.35. The first-order valence-electron chi connectivity index (χ1n) is 6.62. The van der Waals surface area contributed by atoms with Gasteiger partial charge >= 0.3 is 0 Å². The summed E-state index contributed by atoms with van der Waals surface area (Å²) < 4.78 is 11.5. The van der Waals surface area contributed by atoms with Gasteiger partial charge in [-0.25, -0.2) is 0 Å². The molecule has 0 atom stereocenters. The summed E-state index contributed by atoms with van der Waals surface area (Å²) in [5.74, 6) is 2.07. The average Bonchev–Trinajstić information content (AvgIpc) is 2.46. The Kier molecular flexibility index (Phi) is 5.27. The Morgan fingerprint density at radius 2 is 1.85 bits per heavy atom. The van der Waals surface area contributed by atoms with E-state index < -0.39 is 0 Å². The Morgan fingerprint density at radius 1 is 1.10 bits per heavy atom. The van der Waals surface area contributed by atoms with E-state index in [2.05, 4.69) is 6.92 Å². The molecular weight excluding hydrogens is 274 g/mol. The Morgan fingerprint density at radius 3 is 2.50 bits per heavy atom. The largest absolute Gasteiger partial charge is 0.490 e. The van der Waals surface area contributed by atoms with Crippen LogP contribution in [0, 0.1) is 0 Å². The van der Waals surface area contributed by atoms with Gasteiger partial charge in [-0.05, 0) is 36.2 Å².